The van der Waals surface area contributed by atoms with Crippen LogP contribution in [-0.2, 0) is 10.1 Å². The second-order valence-corrected chi connectivity index (χ2v) is 6.54. The standard InChI is InChI=1S/C13H16F2O3S/c1-9-2-3-12(19(16,17)18)11(8-9)10-4-6-13(14,15)7-5-10/h2-3,8,10H,4-7H2,1H3,(H,16,17,18). The maximum absolute atomic E-state index is 13.1. The lowest BCUT2D eigenvalue weighted by molar-refractivity contribution is -0.0383. The molecule has 1 N–H and O–H groups in total. The van der Waals surface area contributed by atoms with E-state index in [4.69, 9.17) is 0 Å². The largest absolute Gasteiger partial charge is 0.294 e. The Kier molecular flexibility index (Phi) is 3.66. The molecule has 0 heterocycles. The highest BCUT2D eigenvalue weighted by Gasteiger charge is 2.36. The number of hydrogen-bond acceptors (Lipinski definition) is 2. The van der Waals surface area contributed by atoms with Crippen molar-refractivity contribution in [3.8, 4) is 0 Å². The number of aryl methyl sites for hydroxylation is 1. The third-order valence-corrected chi connectivity index (χ3v) is 4.53. The van der Waals surface area contributed by atoms with Crippen LogP contribution in [0.1, 0.15) is 42.7 Å². The van der Waals surface area contributed by atoms with Gasteiger partial charge >= 0.3 is 0 Å². The fraction of sp³-hybridized carbons (Fsp3) is 0.538. The first-order chi connectivity index (χ1) is 8.69. The summed E-state index contributed by atoms with van der Waals surface area (Å²) in [6, 6.07) is 4.59. The maximum atomic E-state index is 13.1. The zero-order valence-electron chi connectivity index (χ0n) is 10.6. The van der Waals surface area contributed by atoms with E-state index >= 15 is 0 Å². The molecule has 0 radical (unpaired) electrons. The van der Waals surface area contributed by atoms with Crippen molar-refractivity contribution < 1.29 is 21.8 Å². The number of benzene rings is 1. The molecule has 1 aliphatic rings. The van der Waals surface area contributed by atoms with Crippen LogP contribution in [0.2, 0.25) is 0 Å². The van der Waals surface area contributed by atoms with Crippen molar-refractivity contribution >= 4 is 10.1 Å². The molecule has 19 heavy (non-hydrogen) atoms. The lowest BCUT2D eigenvalue weighted by atomic mass is 9.82. The molecule has 0 saturated heterocycles. The highest BCUT2D eigenvalue weighted by molar-refractivity contribution is 7.85. The first-order valence-electron chi connectivity index (χ1n) is 6.15. The van der Waals surface area contributed by atoms with Crippen LogP contribution in [0.15, 0.2) is 23.1 Å². The van der Waals surface area contributed by atoms with E-state index < -0.39 is 16.0 Å². The monoisotopic (exact) mass is 290 g/mol. The second kappa shape index (κ2) is 4.83. The summed E-state index contributed by atoms with van der Waals surface area (Å²) in [6.07, 6.45) is -0.00893. The van der Waals surface area contributed by atoms with E-state index in [-0.39, 0.29) is 36.5 Å². The lowest BCUT2D eigenvalue weighted by Gasteiger charge is -2.29. The average molecular weight is 290 g/mol. The van der Waals surface area contributed by atoms with Gasteiger partial charge in [0.25, 0.3) is 10.1 Å². The highest BCUT2D eigenvalue weighted by Crippen LogP contribution is 2.42. The summed E-state index contributed by atoms with van der Waals surface area (Å²) < 4.78 is 58.2. The fourth-order valence-corrected chi connectivity index (χ4v) is 3.34. The van der Waals surface area contributed by atoms with Crippen LogP contribution in [0.3, 0.4) is 0 Å². The maximum Gasteiger partial charge on any atom is 0.294 e. The third kappa shape index (κ3) is 3.30. The van der Waals surface area contributed by atoms with E-state index in [2.05, 4.69) is 0 Å². The highest BCUT2D eigenvalue weighted by atomic mass is 32.2. The van der Waals surface area contributed by atoms with E-state index in [1.54, 1.807) is 19.1 Å². The molecule has 0 atom stereocenters. The Hall–Kier alpha value is -1.01. The quantitative estimate of drug-likeness (QED) is 0.848. The molecule has 0 unspecified atom stereocenters. The van der Waals surface area contributed by atoms with Crippen molar-refractivity contribution in [2.45, 2.75) is 49.3 Å². The van der Waals surface area contributed by atoms with Gasteiger partial charge in [-0.1, -0.05) is 17.7 Å². The summed E-state index contributed by atoms with van der Waals surface area (Å²) >= 11 is 0. The van der Waals surface area contributed by atoms with Gasteiger partial charge in [-0.3, -0.25) is 4.55 Å². The summed E-state index contributed by atoms with van der Waals surface area (Å²) in [7, 11) is -4.32. The molecule has 106 valence electrons. The number of rotatable bonds is 2. The van der Waals surface area contributed by atoms with E-state index in [9.17, 15) is 21.8 Å². The van der Waals surface area contributed by atoms with Crippen LogP contribution in [0.5, 0.6) is 0 Å². The van der Waals surface area contributed by atoms with Crippen LogP contribution >= 0.6 is 0 Å². The Morgan fingerprint density at radius 1 is 1.26 bits per heavy atom. The minimum atomic E-state index is -4.32. The van der Waals surface area contributed by atoms with E-state index in [0.29, 0.717) is 5.56 Å². The molecule has 6 heteroatoms. The molecular weight excluding hydrogens is 274 g/mol. The molecule has 0 amide bonds. The van der Waals surface area contributed by atoms with Gasteiger partial charge in [-0.25, -0.2) is 8.78 Å². The molecule has 1 saturated carbocycles. The van der Waals surface area contributed by atoms with Gasteiger partial charge in [-0.05, 0) is 37.3 Å². The Bertz CT molecular complexity index is 572. The molecule has 0 aliphatic heterocycles. The summed E-state index contributed by atoms with van der Waals surface area (Å²) in [5.41, 5.74) is 1.30. The summed E-state index contributed by atoms with van der Waals surface area (Å²) in [5.74, 6) is -2.89. The smallest absolute Gasteiger partial charge is 0.282 e. The molecule has 2 rings (SSSR count). The SMILES string of the molecule is Cc1ccc(S(=O)(=O)O)c(C2CCC(F)(F)CC2)c1. The van der Waals surface area contributed by atoms with Crippen molar-refractivity contribution in [2.24, 2.45) is 0 Å². The Labute approximate surface area is 111 Å². The molecule has 1 aromatic rings. The van der Waals surface area contributed by atoms with Gasteiger partial charge in [0.15, 0.2) is 0 Å². The molecule has 0 spiro atoms. The summed E-state index contributed by atoms with van der Waals surface area (Å²) in [4.78, 5) is -0.159. The minimum absolute atomic E-state index is 0.159. The molecule has 1 aliphatic carbocycles. The van der Waals surface area contributed by atoms with Crippen molar-refractivity contribution in [3.05, 3.63) is 29.3 Å². The van der Waals surface area contributed by atoms with Crippen molar-refractivity contribution in [2.75, 3.05) is 0 Å². The Morgan fingerprint density at radius 3 is 2.37 bits per heavy atom. The predicted octanol–water partition coefficient (Wildman–Crippen LogP) is 3.53. The normalized spacial score (nSPS) is 20.4. The zero-order chi connectivity index (χ0) is 14.3. The molecule has 1 aromatic carbocycles. The van der Waals surface area contributed by atoms with Gasteiger partial charge in [-0.15, -0.1) is 0 Å². The Morgan fingerprint density at radius 2 is 1.84 bits per heavy atom. The van der Waals surface area contributed by atoms with E-state index in [1.807, 2.05) is 0 Å². The number of halogens is 2. The van der Waals surface area contributed by atoms with Gasteiger partial charge in [0.05, 0.1) is 4.90 Å². The number of hydrogen-bond donors (Lipinski definition) is 1. The van der Waals surface area contributed by atoms with Crippen LogP contribution in [-0.4, -0.2) is 18.9 Å². The molecular formula is C13H16F2O3S. The van der Waals surface area contributed by atoms with Crippen LogP contribution in [0.4, 0.5) is 8.78 Å². The fourth-order valence-electron chi connectivity index (χ4n) is 2.57. The lowest BCUT2D eigenvalue weighted by Crippen LogP contribution is -2.24. The first-order valence-corrected chi connectivity index (χ1v) is 7.59. The molecule has 0 aromatic heterocycles. The summed E-state index contributed by atoms with van der Waals surface area (Å²) in [5, 5.41) is 0. The summed E-state index contributed by atoms with van der Waals surface area (Å²) in [6.45, 7) is 1.80. The van der Waals surface area contributed by atoms with Crippen molar-refractivity contribution in [1.29, 1.82) is 0 Å². The van der Waals surface area contributed by atoms with Gasteiger partial charge in [0.1, 0.15) is 0 Å². The number of alkyl halides is 2. The second-order valence-electron chi connectivity index (χ2n) is 5.15. The topological polar surface area (TPSA) is 54.4 Å². The molecule has 3 nitrogen and oxygen atoms in total. The third-order valence-electron chi connectivity index (χ3n) is 3.60. The van der Waals surface area contributed by atoms with Crippen LogP contribution in [0.25, 0.3) is 0 Å². The van der Waals surface area contributed by atoms with E-state index in [1.165, 1.54) is 6.07 Å². The van der Waals surface area contributed by atoms with Gasteiger partial charge in [-0.2, -0.15) is 8.42 Å². The van der Waals surface area contributed by atoms with E-state index in [0.717, 1.165) is 5.56 Å². The minimum Gasteiger partial charge on any atom is -0.282 e. The first kappa shape index (κ1) is 14.4. The molecule has 0 bridgehead atoms. The molecule has 1 fully saturated rings. The predicted molar refractivity (Wildman–Crippen MR) is 67.1 cm³/mol. The van der Waals surface area contributed by atoms with Gasteiger partial charge < -0.3 is 0 Å². The van der Waals surface area contributed by atoms with Crippen LogP contribution in [0, 0.1) is 6.92 Å². The van der Waals surface area contributed by atoms with Crippen molar-refractivity contribution in [3.63, 3.8) is 0 Å². The van der Waals surface area contributed by atoms with Gasteiger partial charge in [0.2, 0.25) is 5.92 Å². The van der Waals surface area contributed by atoms with Crippen molar-refractivity contribution in [1.82, 2.24) is 0 Å². The Balaban J connectivity index is 2.37. The van der Waals surface area contributed by atoms with Gasteiger partial charge in [0, 0.05) is 12.8 Å². The average Bonchev–Trinajstić information content (AvgIpc) is 2.27. The van der Waals surface area contributed by atoms with Crippen LogP contribution < -0.4 is 0 Å². The zero-order valence-corrected chi connectivity index (χ0v) is 11.4.